The molecule has 2 atom stereocenters. The second-order valence-corrected chi connectivity index (χ2v) is 7.13. The van der Waals surface area contributed by atoms with Gasteiger partial charge in [-0.2, -0.15) is 0 Å². The Bertz CT molecular complexity index is 710. The summed E-state index contributed by atoms with van der Waals surface area (Å²) >= 11 is 3.46. The number of hydrogen-bond acceptors (Lipinski definition) is 3. The molecule has 1 saturated heterocycles. The summed E-state index contributed by atoms with van der Waals surface area (Å²) in [7, 11) is 0. The Morgan fingerprint density at radius 2 is 2.27 bits per heavy atom. The summed E-state index contributed by atoms with van der Waals surface area (Å²) in [4.78, 5) is 14.8. The molecule has 0 spiro atoms. The number of piperidine rings is 1. The van der Waals surface area contributed by atoms with E-state index in [1.807, 2.05) is 30.0 Å². The van der Waals surface area contributed by atoms with E-state index in [1.54, 1.807) is 0 Å². The van der Waals surface area contributed by atoms with Crippen LogP contribution in [0.3, 0.4) is 0 Å². The van der Waals surface area contributed by atoms with Crippen LogP contribution in [0.15, 0.2) is 27.1 Å². The molecule has 1 amide bonds. The Labute approximate surface area is 138 Å². The van der Waals surface area contributed by atoms with Gasteiger partial charge in [-0.25, -0.2) is 0 Å². The molecule has 2 heterocycles. The van der Waals surface area contributed by atoms with Gasteiger partial charge in [0.1, 0.15) is 5.58 Å². The van der Waals surface area contributed by atoms with Crippen molar-refractivity contribution < 1.29 is 9.21 Å². The summed E-state index contributed by atoms with van der Waals surface area (Å²) in [6, 6.07) is 5.91. The van der Waals surface area contributed by atoms with Gasteiger partial charge in [-0.15, -0.1) is 0 Å². The summed E-state index contributed by atoms with van der Waals surface area (Å²) in [5.74, 6) is 1.03. The van der Waals surface area contributed by atoms with Crippen LogP contribution in [-0.4, -0.2) is 29.9 Å². The molecule has 4 nitrogen and oxygen atoms in total. The van der Waals surface area contributed by atoms with E-state index in [-0.39, 0.29) is 11.9 Å². The molecule has 2 unspecified atom stereocenters. The van der Waals surface area contributed by atoms with Gasteiger partial charge in [-0.1, -0.05) is 22.9 Å². The van der Waals surface area contributed by atoms with Crippen molar-refractivity contribution in [1.82, 2.24) is 4.90 Å². The van der Waals surface area contributed by atoms with Crippen molar-refractivity contribution in [2.75, 3.05) is 13.1 Å². The van der Waals surface area contributed by atoms with Crippen molar-refractivity contribution in [2.24, 2.45) is 11.7 Å². The zero-order chi connectivity index (χ0) is 15.9. The number of rotatable bonds is 2. The van der Waals surface area contributed by atoms with Crippen molar-refractivity contribution in [3.8, 4) is 0 Å². The normalized spacial score (nSPS) is 22.3. The number of nitrogens with zero attached hydrogens (tertiary/aromatic N) is 1. The van der Waals surface area contributed by atoms with Gasteiger partial charge in [-0.3, -0.25) is 4.79 Å². The fourth-order valence-electron chi connectivity index (χ4n) is 3.27. The van der Waals surface area contributed by atoms with Gasteiger partial charge in [0.2, 0.25) is 0 Å². The van der Waals surface area contributed by atoms with Crippen LogP contribution in [0.5, 0.6) is 0 Å². The highest BCUT2D eigenvalue weighted by Crippen LogP contribution is 2.31. The lowest BCUT2D eigenvalue weighted by Crippen LogP contribution is -2.49. The number of halogens is 1. The van der Waals surface area contributed by atoms with Gasteiger partial charge in [0, 0.05) is 34.6 Å². The number of likely N-dealkylation sites (tertiary alicyclic amines) is 1. The van der Waals surface area contributed by atoms with Crippen LogP contribution in [0.2, 0.25) is 0 Å². The molecule has 1 fully saturated rings. The molecule has 22 heavy (non-hydrogen) atoms. The van der Waals surface area contributed by atoms with Crippen molar-refractivity contribution in [1.29, 1.82) is 0 Å². The average molecular weight is 365 g/mol. The van der Waals surface area contributed by atoms with Gasteiger partial charge < -0.3 is 15.1 Å². The first-order chi connectivity index (χ1) is 10.5. The van der Waals surface area contributed by atoms with Crippen LogP contribution in [0.1, 0.15) is 35.9 Å². The third-order valence-electron chi connectivity index (χ3n) is 4.60. The Kier molecular flexibility index (Phi) is 4.28. The number of furan rings is 1. The van der Waals surface area contributed by atoms with E-state index in [0.717, 1.165) is 40.4 Å². The van der Waals surface area contributed by atoms with Crippen molar-refractivity contribution >= 4 is 32.8 Å². The summed E-state index contributed by atoms with van der Waals surface area (Å²) in [5.41, 5.74) is 7.52. The van der Waals surface area contributed by atoms with Crippen LogP contribution in [0.4, 0.5) is 0 Å². The second-order valence-electron chi connectivity index (χ2n) is 6.21. The molecule has 0 saturated carbocycles. The fraction of sp³-hybridized carbons (Fsp3) is 0.471. The predicted octanol–water partition coefficient (Wildman–Crippen LogP) is 3.70. The van der Waals surface area contributed by atoms with Crippen molar-refractivity contribution in [3.05, 3.63) is 34.0 Å². The third-order valence-corrected chi connectivity index (χ3v) is 5.10. The molecular formula is C17H21BrN2O2. The zero-order valence-electron chi connectivity index (χ0n) is 12.9. The van der Waals surface area contributed by atoms with E-state index in [1.165, 1.54) is 0 Å². The van der Waals surface area contributed by atoms with Gasteiger partial charge >= 0.3 is 0 Å². The molecule has 0 radical (unpaired) electrons. The minimum atomic E-state index is -0.0350. The van der Waals surface area contributed by atoms with E-state index in [2.05, 4.69) is 22.9 Å². The van der Waals surface area contributed by atoms with Gasteiger partial charge in [0.05, 0.1) is 0 Å². The third kappa shape index (κ3) is 2.68. The molecule has 0 bridgehead atoms. The molecule has 0 aliphatic carbocycles. The number of carbonyl (C=O) groups excluding carboxylic acids is 1. The maximum absolute atomic E-state index is 12.9. The lowest BCUT2D eigenvalue weighted by molar-refractivity contribution is 0.0543. The molecule has 118 valence electrons. The number of fused-ring (bicyclic) bond motifs is 1. The summed E-state index contributed by atoms with van der Waals surface area (Å²) in [6.07, 6.45) is 1.99. The largest absolute Gasteiger partial charge is 0.451 e. The van der Waals surface area contributed by atoms with Gasteiger partial charge in [0.25, 0.3) is 5.91 Å². The van der Waals surface area contributed by atoms with Crippen molar-refractivity contribution in [2.45, 2.75) is 32.7 Å². The number of nitrogens with two attached hydrogens (primary N) is 1. The van der Waals surface area contributed by atoms with Crippen LogP contribution in [0.25, 0.3) is 11.0 Å². The number of amides is 1. The molecule has 1 aromatic carbocycles. The Balaban J connectivity index is 1.96. The lowest BCUT2D eigenvalue weighted by Gasteiger charge is -2.37. The fourth-order valence-corrected chi connectivity index (χ4v) is 3.63. The first-order valence-electron chi connectivity index (χ1n) is 7.71. The summed E-state index contributed by atoms with van der Waals surface area (Å²) in [5, 5.41) is 0.979. The average Bonchev–Trinajstić information content (AvgIpc) is 2.83. The molecule has 2 N–H and O–H groups in total. The molecule has 3 rings (SSSR count). The minimum Gasteiger partial charge on any atom is -0.451 e. The van der Waals surface area contributed by atoms with Crippen LogP contribution in [-0.2, 0) is 0 Å². The number of benzene rings is 1. The Morgan fingerprint density at radius 1 is 1.50 bits per heavy atom. The Morgan fingerprint density at radius 3 is 3.00 bits per heavy atom. The van der Waals surface area contributed by atoms with E-state index in [4.69, 9.17) is 10.2 Å². The topological polar surface area (TPSA) is 59.5 Å². The Hall–Kier alpha value is -1.33. The predicted molar refractivity (Wildman–Crippen MR) is 90.9 cm³/mol. The highest BCUT2D eigenvalue weighted by molar-refractivity contribution is 9.10. The molecule has 1 aliphatic rings. The number of aryl methyl sites for hydroxylation is 1. The minimum absolute atomic E-state index is 0.0350. The number of hydrogen-bond donors (Lipinski definition) is 1. The van der Waals surface area contributed by atoms with Crippen molar-refractivity contribution in [3.63, 3.8) is 0 Å². The standard InChI is InChI=1S/C17H21BrN2O2/c1-10-5-6-20(13(7-10)9-19)17(21)16-11(2)14-8-12(18)3-4-15(14)22-16/h3-4,8,10,13H,5-7,9,19H2,1-2H3. The quantitative estimate of drug-likeness (QED) is 0.883. The molecule has 1 aliphatic heterocycles. The molecular weight excluding hydrogens is 344 g/mol. The first-order valence-corrected chi connectivity index (χ1v) is 8.50. The zero-order valence-corrected chi connectivity index (χ0v) is 14.5. The second kappa shape index (κ2) is 6.05. The SMILES string of the molecule is Cc1c(C(=O)N2CCC(C)CC2CN)oc2ccc(Br)cc12. The smallest absolute Gasteiger partial charge is 0.290 e. The lowest BCUT2D eigenvalue weighted by atomic mass is 9.92. The van der Waals surface area contributed by atoms with Gasteiger partial charge in [-0.05, 0) is 43.9 Å². The maximum atomic E-state index is 12.9. The van der Waals surface area contributed by atoms with Crippen LogP contribution < -0.4 is 5.73 Å². The van der Waals surface area contributed by atoms with Crippen LogP contribution in [0, 0.1) is 12.8 Å². The summed E-state index contributed by atoms with van der Waals surface area (Å²) < 4.78 is 6.82. The highest BCUT2D eigenvalue weighted by atomic mass is 79.9. The van der Waals surface area contributed by atoms with E-state index in [0.29, 0.717) is 18.2 Å². The molecule has 1 aromatic heterocycles. The molecule has 2 aromatic rings. The summed E-state index contributed by atoms with van der Waals surface area (Å²) in [6.45, 7) is 5.41. The number of carbonyl (C=O) groups is 1. The van der Waals surface area contributed by atoms with Gasteiger partial charge in [0.15, 0.2) is 5.76 Å². The maximum Gasteiger partial charge on any atom is 0.290 e. The molecule has 5 heteroatoms. The monoisotopic (exact) mass is 364 g/mol. The van der Waals surface area contributed by atoms with E-state index < -0.39 is 0 Å². The highest BCUT2D eigenvalue weighted by Gasteiger charge is 2.32. The van der Waals surface area contributed by atoms with E-state index >= 15 is 0 Å². The first kappa shape index (κ1) is 15.6. The van der Waals surface area contributed by atoms with E-state index in [9.17, 15) is 4.79 Å². The van der Waals surface area contributed by atoms with Crippen LogP contribution >= 0.6 is 15.9 Å².